The number of benzene rings is 3. The van der Waals surface area contributed by atoms with Gasteiger partial charge in [-0.25, -0.2) is 4.98 Å². The standard InChI is InChI=1S/C31H37N3O5/c1-20-12-11-13-21(2)28(20)39-17-10-9-16-34-25-15-8-7-14-24(25)33-30(34)22(3)32-31(35)23-18-26(36-4)29(38-6)27(19-23)37-5/h7-8,11-15,18-19,22H,9-10,16-17H2,1-6H3,(H,32,35). The van der Waals surface area contributed by atoms with Crippen molar-refractivity contribution in [2.45, 2.75) is 46.2 Å². The van der Waals surface area contributed by atoms with Crippen LogP contribution in [0.4, 0.5) is 0 Å². The molecule has 1 atom stereocenters. The first-order chi connectivity index (χ1) is 18.9. The molecule has 0 aliphatic rings. The van der Waals surface area contributed by atoms with E-state index in [1.165, 1.54) is 21.3 Å². The van der Waals surface area contributed by atoms with Crippen LogP contribution in [0.1, 0.15) is 53.1 Å². The Morgan fingerprint density at radius 3 is 2.21 bits per heavy atom. The summed E-state index contributed by atoms with van der Waals surface area (Å²) in [6.07, 6.45) is 1.80. The van der Waals surface area contributed by atoms with Gasteiger partial charge in [0.25, 0.3) is 5.91 Å². The number of nitrogens with one attached hydrogen (secondary N) is 1. The largest absolute Gasteiger partial charge is 0.493 e. The highest BCUT2D eigenvalue weighted by molar-refractivity contribution is 5.96. The topological polar surface area (TPSA) is 83.8 Å². The molecule has 1 N–H and O–H groups in total. The van der Waals surface area contributed by atoms with Gasteiger partial charge in [-0.15, -0.1) is 0 Å². The first-order valence-electron chi connectivity index (χ1n) is 13.1. The fraction of sp³-hybridized carbons (Fsp3) is 0.355. The number of hydrogen-bond acceptors (Lipinski definition) is 6. The lowest BCUT2D eigenvalue weighted by atomic mass is 10.1. The van der Waals surface area contributed by atoms with Gasteiger partial charge in [0, 0.05) is 12.1 Å². The van der Waals surface area contributed by atoms with Gasteiger partial charge in [0.1, 0.15) is 11.6 Å². The molecular formula is C31H37N3O5. The number of carbonyl (C=O) groups excluding carboxylic acids is 1. The zero-order chi connectivity index (χ0) is 27.9. The molecule has 0 saturated heterocycles. The Kier molecular flexibility index (Phi) is 8.96. The first kappa shape index (κ1) is 27.8. The van der Waals surface area contributed by atoms with Crippen molar-refractivity contribution in [2.24, 2.45) is 0 Å². The van der Waals surface area contributed by atoms with Crippen molar-refractivity contribution in [3.05, 3.63) is 77.1 Å². The molecular weight excluding hydrogens is 494 g/mol. The van der Waals surface area contributed by atoms with E-state index >= 15 is 0 Å². The maximum Gasteiger partial charge on any atom is 0.252 e. The minimum Gasteiger partial charge on any atom is -0.493 e. The van der Waals surface area contributed by atoms with Gasteiger partial charge in [0.2, 0.25) is 5.75 Å². The molecule has 0 saturated carbocycles. The fourth-order valence-electron chi connectivity index (χ4n) is 4.79. The summed E-state index contributed by atoms with van der Waals surface area (Å²) >= 11 is 0. The normalized spacial score (nSPS) is 11.7. The summed E-state index contributed by atoms with van der Waals surface area (Å²) in [5.41, 5.74) is 4.64. The van der Waals surface area contributed by atoms with Gasteiger partial charge >= 0.3 is 0 Å². The van der Waals surface area contributed by atoms with E-state index in [2.05, 4.69) is 41.9 Å². The van der Waals surface area contributed by atoms with Crippen LogP contribution in [0.2, 0.25) is 0 Å². The summed E-state index contributed by atoms with van der Waals surface area (Å²) in [4.78, 5) is 18.1. The number of aryl methyl sites for hydroxylation is 3. The van der Waals surface area contributed by atoms with Gasteiger partial charge in [-0.1, -0.05) is 30.3 Å². The molecule has 3 aromatic carbocycles. The summed E-state index contributed by atoms with van der Waals surface area (Å²) in [5.74, 6) is 2.78. The van der Waals surface area contributed by atoms with Gasteiger partial charge in [-0.2, -0.15) is 0 Å². The Morgan fingerprint density at radius 2 is 1.56 bits per heavy atom. The Hall–Kier alpha value is -4.20. The molecule has 4 aromatic rings. The zero-order valence-electron chi connectivity index (χ0n) is 23.5. The maximum atomic E-state index is 13.3. The number of methoxy groups -OCH3 is 3. The third kappa shape index (κ3) is 6.11. The summed E-state index contributed by atoms with van der Waals surface area (Å²) in [7, 11) is 4.58. The molecule has 1 amide bonds. The van der Waals surface area contributed by atoms with Crippen LogP contribution in [0.25, 0.3) is 11.0 Å². The highest BCUT2D eigenvalue weighted by Gasteiger charge is 2.22. The number of para-hydroxylation sites is 3. The highest BCUT2D eigenvalue weighted by Crippen LogP contribution is 2.38. The van der Waals surface area contributed by atoms with Crippen molar-refractivity contribution < 1.29 is 23.7 Å². The predicted molar refractivity (Wildman–Crippen MR) is 152 cm³/mol. The van der Waals surface area contributed by atoms with E-state index < -0.39 is 0 Å². The van der Waals surface area contributed by atoms with Crippen LogP contribution < -0.4 is 24.3 Å². The van der Waals surface area contributed by atoms with Crippen molar-refractivity contribution in [3.63, 3.8) is 0 Å². The molecule has 0 radical (unpaired) electrons. The summed E-state index contributed by atoms with van der Waals surface area (Å²) in [6, 6.07) is 17.2. The number of fused-ring (bicyclic) bond motifs is 1. The van der Waals surface area contributed by atoms with Gasteiger partial charge in [0.15, 0.2) is 11.5 Å². The van der Waals surface area contributed by atoms with Crippen molar-refractivity contribution in [1.82, 2.24) is 14.9 Å². The van der Waals surface area contributed by atoms with Gasteiger partial charge < -0.3 is 28.8 Å². The van der Waals surface area contributed by atoms with Crippen molar-refractivity contribution in [1.29, 1.82) is 0 Å². The molecule has 0 bridgehead atoms. The maximum absolute atomic E-state index is 13.3. The van der Waals surface area contributed by atoms with Crippen molar-refractivity contribution >= 4 is 16.9 Å². The van der Waals surface area contributed by atoms with E-state index in [0.717, 1.165) is 53.1 Å². The molecule has 0 aliphatic carbocycles. The number of unbranched alkanes of at least 4 members (excludes halogenated alkanes) is 1. The molecule has 1 heterocycles. The Labute approximate surface area is 229 Å². The molecule has 4 rings (SSSR count). The summed E-state index contributed by atoms with van der Waals surface area (Å²) < 4.78 is 24.5. The Morgan fingerprint density at radius 1 is 0.897 bits per heavy atom. The minimum absolute atomic E-state index is 0.262. The monoisotopic (exact) mass is 531 g/mol. The fourth-order valence-corrected chi connectivity index (χ4v) is 4.79. The second kappa shape index (κ2) is 12.6. The summed E-state index contributed by atoms with van der Waals surface area (Å²) in [6.45, 7) is 7.48. The smallest absolute Gasteiger partial charge is 0.252 e. The summed E-state index contributed by atoms with van der Waals surface area (Å²) in [5, 5.41) is 3.09. The highest BCUT2D eigenvalue weighted by atomic mass is 16.5. The molecule has 0 fully saturated rings. The lowest BCUT2D eigenvalue weighted by Crippen LogP contribution is -2.29. The lowest BCUT2D eigenvalue weighted by Gasteiger charge is -2.18. The van der Waals surface area contributed by atoms with Crippen molar-refractivity contribution in [2.75, 3.05) is 27.9 Å². The SMILES string of the molecule is COc1cc(C(=O)NC(C)c2nc3ccccc3n2CCCCOc2c(C)cccc2C)cc(OC)c1OC. The number of hydrogen-bond donors (Lipinski definition) is 1. The Bertz CT molecular complexity index is 1400. The molecule has 206 valence electrons. The van der Waals surface area contributed by atoms with E-state index in [-0.39, 0.29) is 11.9 Å². The van der Waals surface area contributed by atoms with Crippen LogP contribution in [-0.2, 0) is 6.54 Å². The second-order valence-corrected chi connectivity index (χ2v) is 9.50. The van der Waals surface area contributed by atoms with Crippen LogP contribution in [0, 0.1) is 13.8 Å². The number of carbonyl (C=O) groups is 1. The van der Waals surface area contributed by atoms with Gasteiger partial charge in [0.05, 0.1) is 45.0 Å². The first-order valence-corrected chi connectivity index (χ1v) is 13.1. The molecule has 0 aliphatic heterocycles. The van der Waals surface area contributed by atoms with Crippen molar-refractivity contribution in [3.8, 4) is 23.0 Å². The van der Waals surface area contributed by atoms with E-state index in [0.29, 0.717) is 29.4 Å². The van der Waals surface area contributed by atoms with E-state index in [4.69, 9.17) is 23.9 Å². The van der Waals surface area contributed by atoms with Gasteiger partial charge in [-0.3, -0.25) is 4.79 Å². The minimum atomic E-state index is -0.338. The third-order valence-electron chi connectivity index (χ3n) is 6.78. The van der Waals surface area contributed by atoms with Crippen LogP contribution in [0.5, 0.6) is 23.0 Å². The number of rotatable bonds is 12. The van der Waals surface area contributed by atoms with Gasteiger partial charge in [-0.05, 0) is 69.0 Å². The number of nitrogens with zero attached hydrogens (tertiary/aromatic N) is 2. The van der Waals surface area contributed by atoms with E-state index in [1.54, 1.807) is 12.1 Å². The molecule has 1 aromatic heterocycles. The average Bonchev–Trinajstić information content (AvgIpc) is 3.32. The van der Waals surface area contributed by atoms with Crippen LogP contribution in [0.15, 0.2) is 54.6 Å². The molecule has 8 heteroatoms. The number of aromatic nitrogens is 2. The zero-order valence-corrected chi connectivity index (χ0v) is 23.5. The van der Waals surface area contributed by atoms with Crippen LogP contribution in [-0.4, -0.2) is 43.4 Å². The van der Waals surface area contributed by atoms with Crippen LogP contribution >= 0.6 is 0 Å². The molecule has 0 spiro atoms. The molecule has 1 unspecified atom stereocenters. The van der Waals surface area contributed by atoms with E-state index in [1.807, 2.05) is 31.2 Å². The predicted octanol–water partition coefficient (Wildman–Crippen LogP) is 6.03. The van der Waals surface area contributed by atoms with Crippen LogP contribution in [0.3, 0.4) is 0 Å². The number of amides is 1. The number of ether oxygens (including phenoxy) is 4. The molecule has 8 nitrogen and oxygen atoms in total. The average molecular weight is 532 g/mol. The third-order valence-corrected chi connectivity index (χ3v) is 6.78. The second-order valence-electron chi connectivity index (χ2n) is 9.50. The number of imidazole rings is 1. The molecule has 39 heavy (non-hydrogen) atoms. The lowest BCUT2D eigenvalue weighted by molar-refractivity contribution is 0.0936. The van der Waals surface area contributed by atoms with E-state index in [9.17, 15) is 4.79 Å². The Balaban J connectivity index is 1.48. The quantitative estimate of drug-likeness (QED) is 0.225.